The second-order valence-electron chi connectivity index (χ2n) is 12.0. The van der Waals surface area contributed by atoms with Crippen LogP contribution in [0.1, 0.15) is 66.5 Å². The summed E-state index contributed by atoms with van der Waals surface area (Å²) in [5.41, 5.74) is -2.50. The molecule has 0 saturated carbocycles. The molecule has 2 aliphatic rings. The van der Waals surface area contributed by atoms with Gasteiger partial charge in [-0.15, -0.1) is 0 Å². The van der Waals surface area contributed by atoms with Gasteiger partial charge in [-0.1, -0.05) is 34.4 Å². The van der Waals surface area contributed by atoms with Crippen molar-refractivity contribution in [2.75, 3.05) is 0 Å². The number of rotatable bonds is 2. The summed E-state index contributed by atoms with van der Waals surface area (Å²) in [6.45, 7) is 14.2. The van der Waals surface area contributed by atoms with Crippen LogP contribution in [-0.2, 0) is 10.4 Å². The van der Waals surface area contributed by atoms with Crippen LogP contribution in [0, 0.1) is 10.4 Å². The third kappa shape index (κ3) is 2.82. The van der Waals surface area contributed by atoms with E-state index in [9.17, 15) is 20.8 Å². The highest BCUT2D eigenvalue weighted by Crippen LogP contribution is 2.40. The van der Waals surface area contributed by atoms with Crippen molar-refractivity contribution in [2.24, 2.45) is 0 Å². The van der Waals surface area contributed by atoms with E-state index in [1.165, 1.54) is 0 Å². The number of hydroxylamine groups is 6. The summed E-state index contributed by atoms with van der Waals surface area (Å²) in [6.07, 6.45) is 0. The first-order chi connectivity index (χ1) is 16.5. The van der Waals surface area contributed by atoms with Gasteiger partial charge in [0, 0.05) is 10.4 Å². The topological polar surface area (TPSA) is 98.4 Å². The maximum Gasteiger partial charge on any atom is 0.316 e. The van der Waals surface area contributed by atoms with Crippen molar-refractivity contribution in [3.63, 3.8) is 0 Å². The summed E-state index contributed by atoms with van der Waals surface area (Å²) < 4.78 is 1.63. The Morgan fingerprint density at radius 3 is 1.47 bits per heavy atom. The van der Waals surface area contributed by atoms with Crippen LogP contribution in [0.25, 0.3) is 21.5 Å². The predicted octanol–water partition coefficient (Wildman–Crippen LogP) is 4.94. The van der Waals surface area contributed by atoms with E-state index in [-0.39, 0.29) is 11.7 Å². The van der Waals surface area contributed by atoms with Crippen LogP contribution in [-0.4, -0.2) is 53.4 Å². The molecular weight excluding hydrogens is 456 g/mol. The summed E-state index contributed by atoms with van der Waals surface area (Å²) in [5.74, 6) is 0.186. The van der Waals surface area contributed by atoms with Crippen LogP contribution < -0.4 is 0 Å². The van der Waals surface area contributed by atoms with Gasteiger partial charge in [0.1, 0.15) is 11.1 Å². The highest BCUT2D eigenvalue weighted by molar-refractivity contribution is 6.12. The summed E-state index contributed by atoms with van der Waals surface area (Å²) in [5, 5.41) is 57.8. The van der Waals surface area contributed by atoms with Crippen LogP contribution in [0.3, 0.4) is 0 Å². The molecule has 5 rings (SSSR count). The molecular formula is C28H32N4O4. The van der Waals surface area contributed by atoms with E-state index in [4.69, 9.17) is 0 Å². The van der Waals surface area contributed by atoms with E-state index in [1.807, 2.05) is 36.4 Å². The highest BCUT2D eigenvalue weighted by Gasteiger charge is 2.61. The Bertz CT molecular complexity index is 1500. The lowest BCUT2D eigenvalue weighted by atomic mass is 9.84. The van der Waals surface area contributed by atoms with Gasteiger partial charge in [-0.2, -0.15) is 0 Å². The van der Waals surface area contributed by atoms with Gasteiger partial charge in [-0.05, 0) is 101 Å². The summed E-state index contributed by atoms with van der Waals surface area (Å²) in [4.78, 5) is 0. The van der Waals surface area contributed by atoms with Crippen LogP contribution in [0.4, 0.5) is 0 Å². The SMILES string of the molecule is CC1(C)N([O])C(c2ccc3c(ccc4ccc(C5=[N+]([O-])C(C)(C)C(C)(C)N5[O])cc43)c2)=[N+]([O-])C1(C)C. The standard InChI is InChI=1S/C28H32N4O4/c1-25(2)26(3,4)30(34)23(29(25)33)19-13-14-21-18(15-19)11-9-17-10-12-20(16-22(17)21)24-31(35)27(5,6)28(7,8)32(24)36/h9-16H,1-8H3. The van der Waals surface area contributed by atoms with E-state index in [0.29, 0.717) is 11.1 Å². The van der Waals surface area contributed by atoms with Gasteiger partial charge in [0.2, 0.25) is 0 Å². The zero-order chi connectivity index (χ0) is 26.6. The Balaban J connectivity index is 1.67. The molecule has 0 fully saturated rings. The smallest absolute Gasteiger partial charge is 0.316 e. The van der Waals surface area contributed by atoms with Crippen LogP contribution in [0.2, 0.25) is 0 Å². The fourth-order valence-corrected chi connectivity index (χ4v) is 5.03. The van der Waals surface area contributed by atoms with E-state index < -0.39 is 22.2 Å². The average Bonchev–Trinajstić information content (AvgIpc) is 3.02. The molecule has 8 nitrogen and oxygen atoms in total. The number of hydrogen-bond donors (Lipinski definition) is 0. The van der Waals surface area contributed by atoms with Crippen LogP contribution in [0.5, 0.6) is 0 Å². The first kappa shape index (κ1) is 24.3. The van der Waals surface area contributed by atoms with Crippen molar-refractivity contribution in [3.05, 3.63) is 70.1 Å². The Morgan fingerprint density at radius 1 is 0.583 bits per heavy atom. The first-order valence-corrected chi connectivity index (χ1v) is 12.2. The van der Waals surface area contributed by atoms with E-state index in [2.05, 4.69) is 0 Å². The number of nitrogens with zero attached hydrogens (tertiary/aromatic N) is 4. The van der Waals surface area contributed by atoms with Crippen molar-refractivity contribution in [2.45, 2.75) is 77.5 Å². The Kier molecular flexibility index (Phi) is 4.81. The van der Waals surface area contributed by atoms with Crippen LogP contribution in [0.15, 0.2) is 48.5 Å². The maximum absolute atomic E-state index is 13.2. The minimum atomic E-state index is -0.902. The molecule has 36 heavy (non-hydrogen) atoms. The Morgan fingerprint density at radius 2 is 1.00 bits per heavy atom. The van der Waals surface area contributed by atoms with Crippen LogP contribution >= 0.6 is 0 Å². The van der Waals surface area contributed by atoms with E-state index in [1.54, 1.807) is 67.5 Å². The monoisotopic (exact) mass is 488 g/mol. The van der Waals surface area contributed by atoms with Gasteiger partial charge in [-0.25, -0.2) is 0 Å². The second-order valence-corrected chi connectivity index (χ2v) is 12.0. The molecule has 0 aliphatic carbocycles. The van der Waals surface area contributed by atoms with Crippen molar-refractivity contribution in [1.82, 2.24) is 10.1 Å². The Hall–Kier alpha value is -3.36. The molecule has 2 heterocycles. The molecule has 0 atom stereocenters. The summed E-state index contributed by atoms with van der Waals surface area (Å²) in [7, 11) is 0. The van der Waals surface area contributed by atoms with Gasteiger partial charge < -0.3 is 10.4 Å². The lowest BCUT2D eigenvalue weighted by Crippen LogP contribution is -2.53. The number of benzene rings is 3. The number of amidine groups is 2. The second kappa shape index (κ2) is 7.11. The molecule has 0 bridgehead atoms. The quantitative estimate of drug-likeness (QED) is 0.290. The molecule has 0 unspecified atom stereocenters. The van der Waals surface area contributed by atoms with Crippen molar-refractivity contribution < 1.29 is 19.9 Å². The predicted molar refractivity (Wildman–Crippen MR) is 138 cm³/mol. The molecule has 0 saturated heterocycles. The van der Waals surface area contributed by atoms with Gasteiger partial charge in [0.05, 0.1) is 11.1 Å². The first-order valence-electron chi connectivity index (χ1n) is 12.2. The highest BCUT2D eigenvalue weighted by atomic mass is 16.5. The Labute approximate surface area is 211 Å². The molecule has 3 aromatic rings. The van der Waals surface area contributed by atoms with Crippen molar-refractivity contribution in [1.29, 1.82) is 0 Å². The minimum absolute atomic E-state index is 0.0930. The summed E-state index contributed by atoms with van der Waals surface area (Å²) >= 11 is 0. The molecule has 0 amide bonds. The maximum atomic E-state index is 13.2. The third-order valence-electron chi connectivity index (χ3n) is 9.15. The van der Waals surface area contributed by atoms with Gasteiger partial charge in [-0.3, -0.25) is 9.48 Å². The van der Waals surface area contributed by atoms with Gasteiger partial charge >= 0.3 is 11.7 Å². The number of hydrogen-bond acceptors (Lipinski definition) is 4. The minimum Gasteiger partial charge on any atom is -0.714 e. The molecule has 0 aromatic heterocycles. The molecule has 2 radical (unpaired) electrons. The lowest BCUT2D eigenvalue weighted by Gasteiger charge is -2.32. The zero-order valence-corrected chi connectivity index (χ0v) is 22.0. The molecule has 8 heteroatoms. The molecule has 188 valence electrons. The molecule has 0 spiro atoms. The molecule has 0 N–H and O–H groups in total. The largest absolute Gasteiger partial charge is 0.714 e. The lowest BCUT2D eigenvalue weighted by molar-refractivity contribution is -0.539. The van der Waals surface area contributed by atoms with Crippen molar-refractivity contribution in [3.8, 4) is 0 Å². The molecule has 3 aromatic carbocycles. The zero-order valence-electron chi connectivity index (χ0n) is 22.0. The van der Waals surface area contributed by atoms with E-state index >= 15 is 0 Å². The van der Waals surface area contributed by atoms with Crippen molar-refractivity contribution >= 4 is 33.2 Å². The van der Waals surface area contributed by atoms with E-state index in [0.717, 1.165) is 41.1 Å². The fourth-order valence-electron chi connectivity index (χ4n) is 5.03. The van der Waals surface area contributed by atoms with Gasteiger partial charge in [0.15, 0.2) is 11.1 Å². The normalized spacial score (nSPS) is 22.4. The fraction of sp³-hybridized carbons (Fsp3) is 0.429. The number of fused-ring (bicyclic) bond motifs is 3. The average molecular weight is 489 g/mol. The summed E-state index contributed by atoms with van der Waals surface area (Å²) in [6, 6.07) is 15.0. The third-order valence-corrected chi connectivity index (χ3v) is 9.15. The van der Waals surface area contributed by atoms with Gasteiger partial charge in [0.25, 0.3) is 0 Å². The molecule has 2 aliphatic heterocycles.